The van der Waals surface area contributed by atoms with Gasteiger partial charge < -0.3 is 10.5 Å². The predicted octanol–water partition coefficient (Wildman–Crippen LogP) is 3.24. The summed E-state index contributed by atoms with van der Waals surface area (Å²) < 4.78 is 33.5. The van der Waals surface area contributed by atoms with Crippen molar-refractivity contribution in [1.82, 2.24) is 4.98 Å². The third-order valence-electron chi connectivity index (χ3n) is 3.84. The first kappa shape index (κ1) is 17.0. The summed E-state index contributed by atoms with van der Waals surface area (Å²) in [5.41, 5.74) is 8.66. The molecule has 0 amide bonds. The van der Waals surface area contributed by atoms with Crippen LogP contribution in [0, 0.1) is 13.8 Å². The van der Waals surface area contributed by atoms with Crippen molar-refractivity contribution < 1.29 is 13.2 Å². The monoisotopic (exact) mass is 357 g/mol. The Hall–Kier alpha value is -2.80. The molecule has 25 heavy (non-hydrogen) atoms. The van der Waals surface area contributed by atoms with Crippen LogP contribution in [-0.4, -0.2) is 20.5 Å². The second-order valence-corrected chi connectivity index (χ2v) is 7.50. The van der Waals surface area contributed by atoms with E-state index in [2.05, 4.69) is 9.71 Å². The van der Waals surface area contributed by atoms with Crippen molar-refractivity contribution >= 4 is 32.3 Å². The highest BCUT2D eigenvalue weighted by atomic mass is 32.2. The van der Waals surface area contributed by atoms with Gasteiger partial charge in [-0.15, -0.1) is 0 Å². The van der Waals surface area contributed by atoms with Gasteiger partial charge in [-0.25, -0.2) is 8.42 Å². The van der Waals surface area contributed by atoms with Crippen LogP contribution < -0.4 is 15.2 Å². The molecule has 0 saturated carbocycles. The maximum Gasteiger partial charge on any atom is 0.264 e. The standard InChI is InChI=1S/C18H19N3O3S/c1-11-4-7-17(15(19)8-11)25(22,23)21-16-10-14(24-3)9-13-6-5-12(2)20-18(13)16/h4-10,21H,19H2,1-3H3. The van der Waals surface area contributed by atoms with E-state index in [0.29, 0.717) is 17.0 Å². The molecule has 7 heteroatoms. The number of anilines is 2. The number of nitrogen functional groups attached to an aromatic ring is 1. The fourth-order valence-electron chi connectivity index (χ4n) is 2.61. The van der Waals surface area contributed by atoms with E-state index in [1.54, 1.807) is 24.3 Å². The Morgan fingerprint density at radius 1 is 1.08 bits per heavy atom. The van der Waals surface area contributed by atoms with Crippen molar-refractivity contribution in [2.45, 2.75) is 18.7 Å². The van der Waals surface area contributed by atoms with Gasteiger partial charge in [0.05, 0.1) is 24.0 Å². The van der Waals surface area contributed by atoms with Gasteiger partial charge in [0.1, 0.15) is 10.6 Å². The number of hydrogen-bond donors (Lipinski definition) is 2. The largest absolute Gasteiger partial charge is 0.497 e. The van der Waals surface area contributed by atoms with Gasteiger partial charge in [0.15, 0.2) is 0 Å². The predicted molar refractivity (Wildman–Crippen MR) is 99.4 cm³/mol. The first-order chi connectivity index (χ1) is 11.8. The van der Waals surface area contributed by atoms with Crippen molar-refractivity contribution in [3.63, 3.8) is 0 Å². The Morgan fingerprint density at radius 2 is 1.84 bits per heavy atom. The lowest BCUT2D eigenvalue weighted by Gasteiger charge is -2.14. The van der Waals surface area contributed by atoms with E-state index in [9.17, 15) is 8.42 Å². The summed E-state index contributed by atoms with van der Waals surface area (Å²) in [7, 11) is -2.33. The molecule has 0 fully saturated rings. The topological polar surface area (TPSA) is 94.3 Å². The normalized spacial score (nSPS) is 11.5. The third kappa shape index (κ3) is 3.36. The Kier molecular flexibility index (Phi) is 4.26. The molecular formula is C18H19N3O3S. The zero-order valence-corrected chi connectivity index (χ0v) is 15.0. The number of aryl methyl sites for hydroxylation is 2. The number of pyridine rings is 1. The average molecular weight is 357 g/mol. The molecule has 0 aliphatic rings. The van der Waals surface area contributed by atoms with Crippen LogP contribution in [0.15, 0.2) is 47.4 Å². The van der Waals surface area contributed by atoms with E-state index in [-0.39, 0.29) is 10.6 Å². The summed E-state index contributed by atoms with van der Waals surface area (Å²) in [5, 5.41) is 0.777. The molecule has 6 nitrogen and oxygen atoms in total. The van der Waals surface area contributed by atoms with Crippen molar-refractivity contribution in [2.75, 3.05) is 17.6 Å². The van der Waals surface area contributed by atoms with Gasteiger partial charge in [-0.3, -0.25) is 9.71 Å². The highest BCUT2D eigenvalue weighted by Crippen LogP contribution is 2.31. The number of nitrogens with zero attached hydrogens (tertiary/aromatic N) is 1. The Labute approximate surface area is 146 Å². The van der Waals surface area contributed by atoms with E-state index in [4.69, 9.17) is 10.5 Å². The molecule has 0 saturated heterocycles. The lowest BCUT2D eigenvalue weighted by atomic mass is 10.1. The lowest BCUT2D eigenvalue weighted by molar-refractivity contribution is 0.415. The van der Waals surface area contributed by atoms with E-state index in [1.807, 2.05) is 26.0 Å². The number of sulfonamides is 1. The zero-order chi connectivity index (χ0) is 18.2. The average Bonchev–Trinajstić information content (AvgIpc) is 2.54. The van der Waals surface area contributed by atoms with Gasteiger partial charge in [-0.2, -0.15) is 0 Å². The number of nitrogens with one attached hydrogen (secondary N) is 1. The van der Waals surface area contributed by atoms with Crippen LogP contribution in [0.25, 0.3) is 10.9 Å². The summed E-state index contributed by atoms with van der Waals surface area (Å²) in [6.45, 7) is 3.70. The molecule has 2 aromatic carbocycles. The van der Waals surface area contributed by atoms with Crippen molar-refractivity contribution in [1.29, 1.82) is 0 Å². The van der Waals surface area contributed by atoms with Gasteiger partial charge in [0.2, 0.25) is 0 Å². The van der Waals surface area contributed by atoms with Gasteiger partial charge >= 0.3 is 0 Å². The minimum absolute atomic E-state index is 0.0294. The summed E-state index contributed by atoms with van der Waals surface area (Å²) in [4.78, 5) is 4.48. The number of fused-ring (bicyclic) bond motifs is 1. The first-order valence-electron chi connectivity index (χ1n) is 7.64. The molecule has 1 aromatic heterocycles. The second-order valence-electron chi connectivity index (χ2n) is 5.85. The van der Waals surface area contributed by atoms with E-state index in [0.717, 1.165) is 16.6 Å². The number of benzene rings is 2. The Balaban J connectivity index is 2.14. The van der Waals surface area contributed by atoms with Crippen molar-refractivity contribution in [3.8, 4) is 5.75 Å². The SMILES string of the molecule is COc1cc(NS(=O)(=O)c2ccc(C)cc2N)c2nc(C)ccc2c1. The number of nitrogens with two attached hydrogens (primary N) is 1. The van der Waals surface area contributed by atoms with Gasteiger partial charge in [0, 0.05) is 17.1 Å². The fourth-order valence-corrected chi connectivity index (χ4v) is 3.78. The minimum atomic E-state index is -3.86. The second kappa shape index (κ2) is 6.25. The molecule has 0 unspecified atom stereocenters. The maximum atomic E-state index is 12.8. The number of hydrogen-bond acceptors (Lipinski definition) is 5. The Bertz CT molecular complexity index is 1060. The molecule has 3 N–H and O–H groups in total. The molecule has 0 aliphatic heterocycles. The molecule has 0 radical (unpaired) electrons. The third-order valence-corrected chi connectivity index (χ3v) is 5.28. The molecule has 0 atom stereocenters. The summed E-state index contributed by atoms with van der Waals surface area (Å²) in [6, 6.07) is 12.0. The molecule has 0 bridgehead atoms. The maximum absolute atomic E-state index is 12.8. The lowest BCUT2D eigenvalue weighted by Crippen LogP contribution is -2.15. The zero-order valence-electron chi connectivity index (χ0n) is 14.2. The summed E-state index contributed by atoms with van der Waals surface area (Å²) >= 11 is 0. The molecule has 1 heterocycles. The quantitative estimate of drug-likeness (QED) is 0.699. The van der Waals surface area contributed by atoms with Crippen LogP contribution in [0.3, 0.4) is 0 Å². The molecular weight excluding hydrogens is 338 g/mol. The van der Waals surface area contributed by atoms with Gasteiger partial charge in [-0.1, -0.05) is 12.1 Å². The van der Waals surface area contributed by atoms with Crippen molar-refractivity contribution in [3.05, 3.63) is 53.7 Å². The van der Waals surface area contributed by atoms with E-state index >= 15 is 0 Å². The summed E-state index contributed by atoms with van der Waals surface area (Å²) in [5.74, 6) is 0.535. The molecule has 0 spiro atoms. The van der Waals surface area contributed by atoms with Crippen molar-refractivity contribution in [2.24, 2.45) is 0 Å². The van der Waals surface area contributed by atoms with Gasteiger partial charge in [0.25, 0.3) is 10.0 Å². The van der Waals surface area contributed by atoms with Gasteiger partial charge in [-0.05, 0) is 43.7 Å². The fraction of sp³-hybridized carbons (Fsp3) is 0.167. The molecule has 3 aromatic rings. The first-order valence-corrected chi connectivity index (χ1v) is 9.13. The van der Waals surface area contributed by atoms with Crippen LogP contribution in [0.2, 0.25) is 0 Å². The smallest absolute Gasteiger partial charge is 0.264 e. The highest BCUT2D eigenvalue weighted by Gasteiger charge is 2.20. The van der Waals surface area contributed by atoms with Crippen LogP contribution >= 0.6 is 0 Å². The van der Waals surface area contributed by atoms with Crippen LogP contribution in [-0.2, 0) is 10.0 Å². The minimum Gasteiger partial charge on any atom is -0.497 e. The van der Waals surface area contributed by atoms with Crippen LogP contribution in [0.4, 0.5) is 11.4 Å². The van der Waals surface area contributed by atoms with Crippen LogP contribution in [0.1, 0.15) is 11.3 Å². The summed E-state index contributed by atoms with van der Waals surface area (Å²) in [6.07, 6.45) is 0. The number of rotatable bonds is 4. The molecule has 130 valence electrons. The number of ether oxygens (including phenoxy) is 1. The molecule has 3 rings (SSSR count). The number of methoxy groups -OCH3 is 1. The number of aromatic nitrogens is 1. The molecule has 0 aliphatic carbocycles. The van der Waals surface area contributed by atoms with E-state index < -0.39 is 10.0 Å². The van der Waals surface area contributed by atoms with E-state index in [1.165, 1.54) is 13.2 Å². The van der Waals surface area contributed by atoms with Crippen LogP contribution in [0.5, 0.6) is 5.75 Å². The Morgan fingerprint density at radius 3 is 2.52 bits per heavy atom. The highest BCUT2D eigenvalue weighted by molar-refractivity contribution is 7.93.